The molecular formula is C33H45NO5. The van der Waals surface area contributed by atoms with E-state index in [0.717, 1.165) is 6.42 Å². The molecule has 1 fully saturated rings. The van der Waals surface area contributed by atoms with Gasteiger partial charge in [-0.3, -0.25) is 0 Å². The van der Waals surface area contributed by atoms with Gasteiger partial charge in [-0.25, -0.2) is 4.79 Å². The molecule has 0 saturated heterocycles. The summed E-state index contributed by atoms with van der Waals surface area (Å²) in [6.07, 6.45) is 12.0. The lowest BCUT2D eigenvalue weighted by Crippen LogP contribution is -2.37. The fraction of sp³-hybridized carbons (Fsp3) is 0.545. The van der Waals surface area contributed by atoms with Crippen LogP contribution in [0.2, 0.25) is 0 Å². The number of carbonyl (C=O) groups is 1. The minimum absolute atomic E-state index is 0.247. The van der Waals surface area contributed by atoms with Crippen LogP contribution in [-0.2, 0) is 23.7 Å². The maximum atomic E-state index is 12.5. The predicted molar refractivity (Wildman–Crippen MR) is 156 cm³/mol. The number of nitrogens with one attached hydrogen (secondary N) is 1. The number of esters is 1. The normalized spacial score (nSPS) is 22.0. The number of carbonyl (C=O) groups excluding carboxylic acids is 1. The first-order valence-corrected chi connectivity index (χ1v) is 14.7. The Labute approximate surface area is 233 Å². The van der Waals surface area contributed by atoms with Crippen LogP contribution in [0.5, 0.6) is 0 Å². The van der Waals surface area contributed by atoms with Crippen molar-refractivity contribution in [3.05, 3.63) is 71.8 Å². The maximum absolute atomic E-state index is 12.5. The summed E-state index contributed by atoms with van der Waals surface area (Å²) in [4.78, 5) is 12.5. The first-order chi connectivity index (χ1) is 19.2. The monoisotopic (exact) mass is 535 g/mol. The van der Waals surface area contributed by atoms with Crippen molar-refractivity contribution in [1.82, 2.24) is 5.32 Å². The summed E-state index contributed by atoms with van der Waals surface area (Å²) in [5, 5.41) is 6.57. The fourth-order valence-corrected chi connectivity index (χ4v) is 5.84. The summed E-state index contributed by atoms with van der Waals surface area (Å²) in [5.74, 6) is 0.837. The van der Waals surface area contributed by atoms with Gasteiger partial charge in [0.15, 0.2) is 0 Å². The quantitative estimate of drug-likeness (QED) is 0.218. The molecule has 1 unspecified atom stereocenters. The van der Waals surface area contributed by atoms with E-state index >= 15 is 0 Å². The van der Waals surface area contributed by atoms with E-state index in [1.165, 1.54) is 42.0 Å². The van der Waals surface area contributed by atoms with E-state index in [4.69, 9.17) is 18.9 Å². The largest absolute Gasteiger partial charge is 0.460 e. The van der Waals surface area contributed by atoms with Crippen LogP contribution in [0.15, 0.2) is 66.3 Å². The topological polar surface area (TPSA) is 66.0 Å². The Hall–Kier alpha value is -2.51. The minimum Gasteiger partial charge on any atom is -0.460 e. The van der Waals surface area contributed by atoms with Crippen molar-refractivity contribution in [3.63, 3.8) is 0 Å². The smallest absolute Gasteiger partial charge is 0.337 e. The van der Waals surface area contributed by atoms with E-state index in [1.54, 1.807) is 0 Å². The van der Waals surface area contributed by atoms with Gasteiger partial charge in [-0.05, 0) is 67.7 Å². The number of fused-ring (bicyclic) bond motifs is 1. The minimum atomic E-state index is -0.270. The predicted octanol–water partition coefficient (Wildman–Crippen LogP) is 6.16. The van der Waals surface area contributed by atoms with Gasteiger partial charge in [0.2, 0.25) is 0 Å². The van der Waals surface area contributed by atoms with Crippen LogP contribution in [0.1, 0.15) is 57.6 Å². The van der Waals surface area contributed by atoms with E-state index in [0.29, 0.717) is 69.1 Å². The van der Waals surface area contributed by atoms with Gasteiger partial charge in [0, 0.05) is 18.7 Å². The van der Waals surface area contributed by atoms with E-state index in [9.17, 15) is 4.79 Å². The summed E-state index contributed by atoms with van der Waals surface area (Å²) < 4.78 is 21.5. The van der Waals surface area contributed by atoms with E-state index in [2.05, 4.69) is 66.9 Å². The average molecular weight is 536 g/mol. The fourth-order valence-electron chi connectivity index (χ4n) is 5.84. The Morgan fingerprint density at radius 2 is 1.69 bits per heavy atom. The Morgan fingerprint density at radius 1 is 0.949 bits per heavy atom. The highest BCUT2D eigenvalue weighted by molar-refractivity contribution is 5.91. The average Bonchev–Trinajstić information content (AvgIpc) is 2.98. The van der Waals surface area contributed by atoms with Crippen molar-refractivity contribution in [3.8, 4) is 0 Å². The second-order valence-electron chi connectivity index (χ2n) is 10.6. The first kappa shape index (κ1) is 29.5. The molecule has 2 aromatic carbocycles. The lowest BCUT2D eigenvalue weighted by Gasteiger charge is -2.36. The van der Waals surface area contributed by atoms with Crippen molar-refractivity contribution >= 4 is 16.7 Å². The number of hydrogen-bond acceptors (Lipinski definition) is 6. The second kappa shape index (κ2) is 15.9. The van der Waals surface area contributed by atoms with Crippen molar-refractivity contribution in [1.29, 1.82) is 0 Å². The van der Waals surface area contributed by atoms with Crippen molar-refractivity contribution in [2.45, 2.75) is 58.0 Å². The molecule has 0 heterocycles. The summed E-state index contributed by atoms with van der Waals surface area (Å²) >= 11 is 0. The number of benzene rings is 2. The third-order valence-corrected chi connectivity index (χ3v) is 7.87. The van der Waals surface area contributed by atoms with Crippen LogP contribution < -0.4 is 5.32 Å². The molecule has 0 spiro atoms. The molecule has 0 aromatic heterocycles. The molecule has 0 aliphatic heterocycles. The Balaban J connectivity index is 1.16. The van der Waals surface area contributed by atoms with Gasteiger partial charge in [-0.2, -0.15) is 0 Å². The molecule has 2 aliphatic rings. The second-order valence-corrected chi connectivity index (χ2v) is 10.6. The molecule has 4 atom stereocenters. The third-order valence-electron chi connectivity index (χ3n) is 7.87. The molecule has 4 rings (SSSR count). The number of ether oxygens (including phenoxy) is 4. The van der Waals surface area contributed by atoms with Gasteiger partial charge in [-0.15, -0.1) is 0 Å². The molecule has 0 radical (unpaired) electrons. The molecule has 6 nitrogen and oxygen atoms in total. The van der Waals surface area contributed by atoms with E-state index < -0.39 is 0 Å². The van der Waals surface area contributed by atoms with Gasteiger partial charge in [-0.1, -0.05) is 67.1 Å². The van der Waals surface area contributed by atoms with Gasteiger partial charge in [0.05, 0.1) is 38.6 Å². The van der Waals surface area contributed by atoms with Crippen LogP contribution in [0.3, 0.4) is 0 Å². The molecular weight excluding hydrogens is 490 g/mol. The van der Waals surface area contributed by atoms with Crippen molar-refractivity contribution in [2.24, 2.45) is 11.8 Å². The molecule has 1 N–H and O–H groups in total. The number of hydrogen-bond donors (Lipinski definition) is 1. The van der Waals surface area contributed by atoms with Crippen LogP contribution >= 0.6 is 0 Å². The highest BCUT2D eigenvalue weighted by atomic mass is 16.6. The van der Waals surface area contributed by atoms with Crippen molar-refractivity contribution < 1.29 is 23.7 Å². The third kappa shape index (κ3) is 9.00. The first-order valence-electron chi connectivity index (χ1n) is 14.7. The van der Waals surface area contributed by atoms with Gasteiger partial charge in [0.25, 0.3) is 0 Å². The molecule has 2 aliphatic carbocycles. The number of allylic oxidation sites excluding steroid dienone is 2. The summed E-state index contributed by atoms with van der Waals surface area (Å²) in [7, 11) is 0. The highest BCUT2D eigenvalue weighted by Crippen LogP contribution is 2.36. The lowest BCUT2D eigenvalue weighted by molar-refractivity contribution is -0.140. The summed E-state index contributed by atoms with van der Waals surface area (Å²) in [6.45, 7) is 7.71. The van der Waals surface area contributed by atoms with Crippen LogP contribution in [0.4, 0.5) is 0 Å². The molecule has 2 aromatic rings. The Morgan fingerprint density at radius 3 is 2.46 bits per heavy atom. The molecule has 1 saturated carbocycles. The van der Waals surface area contributed by atoms with E-state index in [1.807, 2.05) is 13.0 Å². The Bertz CT molecular complexity index is 1090. The summed E-state index contributed by atoms with van der Waals surface area (Å²) in [6, 6.07) is 16.1. The lowest BCUT2D eigenvalue weighted by atomic mass is 9.75. The standard InChI is InChI=1S/C33H45NO5/c1-3-36-18-19-37-20-21-38-22-23-39-33(35)28-16-14-26(15-17-28)29-10-6-11-30(24-29)34-25(2)31-13-7-9-27-8-4-5-12-32(27)31/h4-5,7-9,12-14,16-17,25-26,29-30,34H,3,6,10-11,15,18-24H2,1-2H3/t25-,26?,29+,30+/m1/s1. The van der Waals surface area contributed by atoms with Crippen LogP contribution in [0.25, 0.3) is 10.8 Å². The van der Waals surface area contributed by atoms with Crippen LogP contribution in [-0.4, -0.2) is 58.3 Å². The SMILES string of the molecule is CCOCCOCCOCCOC(=O)C1=CCC([C@H]2CCC[C@H](N[C@H](C)c3cccc4ccccc34)C2)C=C1. The molecule has 0 bridgehead atoms. The number of rotatable bonds is 15. The zero-order valence-corrected chi connectivity index (χ0v) is 23.6. The maximum Gasteiger partial charge on any atom is 0.337 e. The highest BCUT2D eigenvalue weighted by Gasteiger charge is 2.29. The van der Waals surface area contributed by atoms with Gasteiger partial charge < -0.3 is 24.3 Å². The molecule has 39 heavy (non-hydrogen) atoms. The van der Waals surface area contributed by atoms with E-state index in [-0.39, 0.29) is 12.6 Å². The van der Waals surface area contributed by atoms with Crippen molar-refractivity contribution in [2.75, 3.05) is 46.2 Å². The summed E-state index contributed by atoms with van der Waals surface area (Å²) in [5.41, 5.74) is 2.02. The zero-order chi connectivity index (χ0) is 27.3. The zero-order valence-electron chi connectivity index (χ0n) is 23.6. The molecule has 6 heteroatoms. The van der Waals surface area contributed by atoms with Gasteiger partial charge in [0.1, 0.15) is 6.61 Å². The Kier molecular flexibility index (Phi) is 12.0. The molecule has 212 valence electrons. The van der Waals surface area contributed by atoms with Gasteiger partial charge >= 0.3 is 5.97 Å². The van der Waals surface area contributed by atoms with Crippen LogP contribution in [0, 0.1) is 11.8 Å². The molecule has 0 amide bonds.